The molecule has 12 heavy (non-hydrogen) atoms. The Balaban J connectivity index is 2.45. The van der Waals surface area contributed by atoms with Crippen molar-refractivity contribution in [2.45, 2.75) is 0 Å². The minimum atomic E-state index is 0.758. The molecule has 2 aromatic rings. The van der Waals surface area contributed by atoms with Crippen LogP contribution >= 0.6 is 11.3 Å². The molecule has 0 unspecified atom stereocenters. The van der Waals surface area contributed by atoms with Gasteiger partial charge < -0.3 is 0 Å². The minimum absolute atomic E-state index is 0.758. The topological polar surface area (TPSA) is 25.8 Å². The lowest BCUT2D eigenvalue weighted by atomic mass is 10.2. The van der Waals surface area contributed by atoms with Crippen LogP contribution in [0.1, 0.15) is 5.01 Å². The first kappa shape index (κ1) is 7.43. The molecule has 2 rings (SSSR count). The van der Waals surface area contributed by atoms with Crippen LogP contribution in [0.3, 0.4) is 0 Å². The maximum Gasteiger partial charge on any atom is 0.147 e. The van der Waals surface area contributed by atoms with E-state index in [0.29, 0.717) is 0 Å². The summed E-state index contributed by atoms with van der Waals surface area (Å²) in [6.07, 6.45) is 0. The number of benzene rings is 1. The highest BCUT2D eigenvalue weighted by atomic mass is 32.1. The van der Waals surface area contributed by atoms with Gasteiger partial charge in [0.15, 0.2) is 0 Å². The Hall–Kier alpha value is -1.22. The van der Waals surface area contributed by atoms with E-state index in [1.807, 2.05) is 30.3 Å². The van der Waals surface area contributed by atoms with Crippen LogP contribution in [0.4, 0.5) is 0 Å². The van der Waals surface area contributed by atoms with Gasteiger partial charge in [-0.15, -0.1) is 10.2 Å². The van der Waals surface area contributed by atoms with Crippen molar-refractivity contribution < 1.29 is 0 Å². The Kier molecular flexibility index (Phi) is 1.87. The van der Waals surface area contributed by atoms with Crippen LogP contribution in [0.2, 0.25) is 0 Å². The summed E-state index contributed by atoms with van der Waals surface area (Å²) in [5.74, 6) is 0. The van der Waals surface area contributed by atoms with Gasteiger partial charge >= 0.3 is 0 Å². The largest absolute Gasteiger partial charge is 0.147 e. The van der Waals surface area contributed by atoms with Crippen LogP contribution in [0.25, 0.3) is 10.6 Å². The highest BCUT2D eigenvalue weighted by molar-refractivity contribution is 7.14. The standard InChI is InChI=1S/C9H7N2S/c1-7-10-11-9(12-7)8-5-3-2-4-6-8/h2-6H,1H2. The summed E-state index contributed by atoms with van der Waals surface area (Å²) in [6.45, 7) is 3.71. The molecule has 1 radical (unpaired) electrons. The van der Waals surface area contributed by atoms with Gasteiger partial charge in [0.2, 0.25) is 0 Å². The molecule has 0 aliphatic carbocycles. The second-order valence-electron chi connectivity index (χ2n) is 2.37. The molecule has 59 valence electrons. The van der Waals surface area contributed by atoms with Gasteiger partial charge in [-0.2, -0.15) is 0 Å². The van der Waals surface area contributed by atoms with Crippen LogP contribution < -0.4 is 0 Å². The van der Waals surface area contributed by atoms with Crippen LogP contribution in [-0.4, -0.2) is 10.2 Å². The lowest BCUT2D eigenvalue weighted by Gasteiger charge is -1.90. The zero-order valence-electron chi connectivity index (χ0n) is 6.40. The Morgan fingerprint density at radius 2 is 1.83 bits per heavy atom. The first-order valence-electron chi connectivity index (χ1n) is 3.57. The summed E-state index contributed by atoms with van der Waals surface area (Å²) in [5, 5.41) is 9.53. The molecule has 1 aromatic heterocycles. The quantitative estimate of drug-likeness (QED) is 0.665. The number of nitrogens with zero attached hydrogens (tertiary/aromatic N) is 2. The fourth-order valence-corrected chi connectivity index (χ4v) is 1.59. The molecule has 1 heterocycles. The van der Waals surface area contributed by atoms with Crippen LogP contribution in [0.15, 0.2) is 30.3 Å². The predicted octanol–water partition coefficient (Wildman–Crippen LogP) is 2.39. The Bertz CT molecular complexity index is 367. The van der Waals surface area contributed by atoms with E-state index in [2.05, 4.69) is 17.1 Å². The van der Waals surface area contributed by atoms with Gasteiger partial charge in [-0.3, -0.25) is 0 Å². The van der Waals surface area contributed by atoms with E-state index >= 15 is 0 Å². The Morgan fingerprint density at radius 1 is 1.08 bits per heavy atom. The monoisotopic (exact) mass is 175 g/mol. The highest BCUT2D eigenvalue weighted by Gasteiger charge is 2.01. The summed E-state index contributed by atoms with van der Waals surface area (Å²) in [5.41, 5.74) is 1.10. The predicted molar refractivity (Wildman–Crippen MR) is 49.8 cm³/mol. The van der Waals surface area contributed by atoms with Crippen molar-refractivity contribution >= 4 is 11.3 Å². The summed E-state index contributed by atoms with van der Waals surface area (Å²) >= 11 is 1.51. The zero-order chi connectivity index (χ0) is 8.39. The average Bonchev–Trinajstić information content (AvgIpc) is 2.54. The van der Waals surface area contributed by atoms with Crippen LogP contribution in [0.5, 0.6) is 0 Å². The van der Waals surface area contributed by atoms with Crippen molar-refractivity contribution in [2.24, 2.45) is 0 Å². The average molecular weight is 175 g/mol. The lowest BCUT2D eigenvalue weighted by molar-refractivity contribution is 1.07. The molecule has 0 spiro atoms. The molecule has 0 N–H and O–H groups in total. The fraction of sp³-hybridized carbons (Fsp3) is 0. The second-order valence-corrected chi connectivity index (χ2v) is 3.43. The van der Waals surface area contributed by atoms with Gasteiger partial charge in [-0.1, -0.05) is 41.7 Å². The number of hydrogen-bond donors (Lipinski definition) is 0. The van der Waals surface area contributed by atoms with Crippen LogP contribution in [-0.2, 0) is 0 Å². The van der Waals surface area contributed by atoms with E-state index in [0.717, 1.165) is 15.6 Å². The van der Waals surface area contributed by atoms with E-state index in [1.165, 1.54) is 11.3 Å². The van der Waals surface area contributed by atoms with Crippen molar-refractivity contribution in [3.8, 4) is 10.6 Å². The molecule has 0 atom stereocenters. The summed E-state index contributed by atoms with van der Waals surface area (Å²) in [7, 11) is 0. The third-order valence-corrected chi connectivity index (χ3v) is 2.32. The smallest absolute Gasteiger partial charge is 0.143 e. The van der Waals surface area contributed by atoms with E-state index in [4.69, 9.17) is 0 Å². The van der Waals surface area contributed by atoms with Gasteiger partial charge in [0.05, 0.1) is 0 Å². The summed E-state index contributed by atoms with van der Waals surface area (Å²) < 4.78 is 0. The maximum atomic E-state index is 3.99. The maximum absolute atomic E-state index is 3.99. The van der Waals surface area contributed by atoms with Gasteiger partial charge in [0.1, 0.15) is 10.0 Å². The fourth-order valence-electron chi connectivity index (χ4n) is 0.951. The first-order chi connectivity index (χ1) is 5.86. The summed E-state index contributed by atoms with van der Waals surface area (Å²) in [4.78, 5) is 0. The number of hydrogen-bond acceptors (Lipinski definition) is 3. The molecule has 1 aromatic carbocycles. The Labute approximate surface area is 74.9 Å². The van der Waals surface area contributed by atoms with Gasteiger partial charge in [0, 0.05) is 12.5 Å². The molecule has 0 fully saturated rings. The SMILES string of the molecule is [CH2]c1nnc(-c2ccccc2)s1. The molecule has 2 nitrogen and oxygen atoms in total. The van der Waals surface area contributed by atoms with E-state index < -0.39 is 0 Å². The van der Waals surface area contributed by atoms with Crippen molar-refractivity contribution in [3.63, 3.8) is 0 Å². The lowest BCUT2D eigenvalue weighted by Crippen LogP contribution is -1.74. The molecule has 3 heteroatoms. The van der Waals surface area contributed by atoms with E-state index in [9.17, 15) is 0 Å². The van der Waals surface area contributed by atoms with Crippen molar-refractivity contribution in [1.29, 1.82) is 0 Å². The van der Waals surface area contributed by atoms with Crippen molar-refractivity contribution in [1.82, 2.24) is 10.2 Å². The molecule has 0 bridgehead atoms. The van der Waals surface area contributed by atoms with Gasteiger partial charge in [-0.25, -0.2) is 0 Å². The molecule has 0 saturated heterocycles. The number of aromatic nitrogens is 2. The summed E-state index contributed by atoms with van der Waals surface area (Å²) in [6, 6.07) is 9.98. The van der Waals surface area contributed by atoms with Crippen molar-refractivity contribution in [3.05, 3.63) is 42.3 Å². The third-order valence-electron chi connectivity index (χ3n) is 1.49. The molecule has 0 aliphatic heterocycles. The molecular weight excluding hydrogens is 168 g/mol. The van der Waals surface area contributed by atoms with Crippen LogP contribution in [0, 0.1) is 6.92 Å². The molecule has 0 amide bonds. The molecular formula is C9H7N2S. The van der Waals surface area contributed by atoms with Gasteiger partial charge in [0.25, 0.3) is 0 Å². The molecule has 0 aliphatic rings. The van der Waals surface area contributed by atoms with Gasteiger partial charge in [-0.05, 0) is 0 Å². The normalized spacial score (nSPS) is 10.1. The second kappa shape index (κ2) is 3.03. The highest BCUT2D eigenvalue weighted by Crippen LogP contribution is 2.21. The van der Waals surface area contributed by atoms with E-state index in [-0.39, 0.29) is 0 Å². The van der Waals surface area contributed by atoms with E-state index in [1.54, 1.807) is 0 Å². The minimum Gasteiger partial charge on any atom is -0.143 e. The Morgan fingerprint density at radius 3 is 2.42 bits per heavy atom. The molecule has 0 saturated carbocycles. The first-order valence-corrected chi connectivity index (χ1v) is 4.39. The van der Waals surface area contributed by atoms with Crippen molar-refractivity contribution in [2.75, 3.05) is 0 Å². The number of rotatable bonds is 1. The third kappa shape index (κ3) is 1.36. The zero-order valence-corrected chi connectivity index (χ0v) is 7.21.